The quantitative estimate of drug-likeness (QED) is 0.258. The number of aromatic nitrogens is 3. The lowest BCUT2D eigenvalue weighted by Crippen LogP contribution is -2.47. The van der Waals surface area contributed by atoms with Gasteiger partial charge >= 0.3 is 6.01 Å². The molecular weight excluding hydrogens is 539 g/mol. The van der Waals surface area contributed by atoms with Crippen LogP contribution in [0.5, 0.6) is 6.01 Å². The molecule has 0 bridgehead atoms. The standard InChI is InChI=1S/C34H43N6OP/c1-23-29(25-12-6-10-24-11-7-13-27(42)28(24)25)35-20-26-30(23)37-32(41-22-34-16-8-18-40(34)19-9-17-34)38-31(26)36-21-33(39(2)3)14-4-5-15-33/h6-7,10-13,20H,4-5,8-9,14-19,21-22,42H2,1-3H3,(H,36,37,38). The van der Waals surface area contributed by atoms with Gasteiger partial charge in [0.05, 0.1) is 22.1 Å². The van der Waals surface area contributed by atoms with E-state index in [0.717, 1.165) is 40.1 Å². The van der Waals surface area contributed by atoms with Crippen molar-refractivity contribution in [1.29, 1.82) is 0 Å². The Labute approximate surface area is 251 Å². The Kier molecular flexibility index (Phi) is 7.32. The van der Waals surface area contributed by atoms with E-state index < -0.39 is 0 Å². The lowest BCUT2D eigenvalue weighted by molar-refractivity contribution is 0.108. The highest BCUT2D eigenvalue weighted by molar-refractivity contribution is 7.28. The number of anilines is 1. The first kappa shape index (κ1) is 27.9. The van der Waals surface area contributed by atoms with E-state index in [1.165, 1.54) is 80.5 Å². The maximum atomic E-state index is 6.54. The van der Waals surface area contributed by atoms with Gasteiger partial charge in [-0.15, -0.1) is 9.24 Å². The molecule has 2 aromatic heterocycles. The SMILES string of the molecule is Cc1c(-c2cccc3cccc(P)c23)ncc2c(NCC3(N(C)C)CCCC3)nc(OCC34CCCN3CCC4)nc12. The molecular formula is C34H43N6OP. The van der Waals surface area contributed by atoms with E-state index in [2.05, 4.69) is 81.8 Å². The Bertz CT molecular complexity index is 1620. The fraction of sp³-hybridized carbons (Fsp3) is 0.500. The smallest absolute Gasteiger partial charge is 0.319 e. The van der Waals surface area contributed by atoms with E-state index in [9.17, 15) is 0 Å². The van der Waals surface area contributed by atoms with Gasteiger partial charge in [-0.3, -0.25) is 9.88 Å². The van der Waals surface area contributed by atoms with E-state index in [1.807, 2.05) is 6.20 Å². The van der Waals surface area contributed by atoms with E-state index in [0.29, 0.717) is 12.6 Å². The predicted octanol–water partition coefficient (Wildman–Crippen LogP) is 5.95. The number of pyridine rings is 1. The zero-order chi connectivity index (χ0) is 28.9. The van der Waals surface area contributed by atoms with Gasteiger partial charge in [0.15, 0.2) is 0 Å². The van der Waals surface area contributed by atoms with Crippen LogP contribution in [0.4, 0.5) is 5.82 Å². The number of hydrogen-bond donors (Lipinski definition) is 1. The van der Waals surface area contributed by atoms with E-state index in [4.69, 9.17) is 19.7 Å². The average Bonchev–Trinajstić information content (AvgIpc) is 3.72. The van der Waals surface area contributed by atoms with E-state index in [1.54, 1.807) is 0 Å². The summed E-state index contributed by atoms with van der Waals surface area (Å²) in [4.78, 5) is 20.2. The number of ether oxygens (including phenoxy) is 1. The highest BCUT2D eigenvalue weighted by Gasteiger charge is 2.45. The van der Waals surface area contributed by atoms with E-state index >= 15 is 0 Å². The number of fused-ring (bicyclic) bond motifs is 3. The zero-order valence-electron chi connectivity index (χ0n) is 25.2. The number of nitrogens with one attached hydrogen (secondary N) is 1. The molecule has 3 aliphatic rings. The highest BCUT2D eigenvalue weighted by atomic mass is 31.0. The third kappa shape index (κ3) is 4.74. The van der Waals surface area contributed by atoms with Crippen molar-refractivity contribution in [3.8, 4) is 17.3 Å². The van der Waals surface area contributed by atoms with Crippen molar-refractivity contribution in [2.45, 2.75) is 69.4 Å². The summed E-state index contributed by atoms with van der Waals surface area (Å²) < 4.78 is 6.54. The molecule has 1 aliphatic carbocycles. The third-order valence-electron chi connectivity index (χ3n) is 10.5. The molecule has 7 nitrogen and oxygen atoms in total. The lowest BCUT2D eigenvalue weighted by atomic mass is 9.95. The Morgan fingerprint density at radius 1 is 0.976 bits per heavy atom. The number of hydrogen-bond acceptors (Lipinski definition) is 7. The van der Waals surface area contributed by atoms with Gasteiger partial charge in [-0.05, 0) is 88.7 Å². The monoisotopic (exact) mass is 582 g/mol. The predicted molar refractivity (Wildman–Crippen MR) is 176 cm³/mol. The van der Waals surface area contributed by atoms with Crippen molar-refractivity contribution in [3.63, 3.8) is 0 Å². The van der Waals surface area contributed by atoms with Crippen LogP contribution in [0.3, 0.4) is 0 Å². The molecule has 0 spiro atoms. The molecule has 42 heavy (non-hydrogen) atoms. The molecule has 2 aromatic carbocycles. The summed E-state index contributed by atoms with van der Waals surface area (Å²) in [5, 5.41) is 8.29. The van der Waals surface area contributed by atoms with Crippen LogP contribution in [-0.2, 0) is 0 Å². The topological polar surface area (TPSA) is 66.4 Å². The fourth-order valence-corrected chi connectivity index (χ4v) is 8.39. The van der Waals surface area contributed by atoms with Gasteiger partial charge in [-0.1, -0.05) is 49.2 Å². The summed E-state index contributed by atoms with van der Waals surface area (Å²) in [6.45, 7) is 5.98. The van der Waals surface area contributed by atoms with Gasteiger partial charge in [0.2, 0.25) is 0 Å². The largest absolute Gasteiger partial charge is 0.461 e. The Balaban J connectivity index is 1.31. The first-order chi connectivity index (χ1) is 20.4. The summed E-state index contributed by atoms with van der Waals surface area (Å²) in [5.41, 5.74) is 4.30. The number of aryl methyl sites for hydroxylation is 1. The molecule has 1 N–H and O–H groups in total. The molecule has 220 valence electrons. The average molecular weight is 583 g/mol. The van der Waals surface area contributed by atoms with Gasteiger partial charge in [-0.2, -0.15) is 9.97 Å². The lowest BCUT2D eigenvalue weighted by Gasteiger charge is -2.36. The summed E-state index contributed by atoms with van der Waals surface area (Å²) in [7, 11) is 7.31. The summed E-state index contributed by atoms with van der Waals surface area (Å²) in [6.07, 6.45) is 11.8. The normalized spacial score (nSPS) is 19.6. The van der Waals surface area contributed by atoms with Crippen molar-refractivity contribution in [1.82, 2.24) is 24.8 Å². The minimum absolute atomic E-state index is 0.131. The molecule has 3 fully saturated rings. The van der Waals surface area contributed by atoms with Crippen LogP contribution in [0.25, 0.3) is 32.9 Å². The molecule has 0 amide bonds. The summed E-state index contributed by atoms with van der Waals surface area (Å²) in [5.74, 6) is 0.821. The number of likely N-dealkylation sites (N-methyl/N-ethyl adjacent to an activating group) is 1. The van der Waals surface area contributed by atoms with Crippen LogP contribution in [0.15, 0.2) is 42.6 Å². The molecule has 1 saturated carbocycles. The van der Waals surface area contributed by atoms with Crippen LogP contribution in [0.2, 0.25) is 0 Å². The Morgan fingerprint density at radius 2 is 1.71 bits per heavy atom. The summed E-state index contributed by atoms with van der Waals surface area (Å²) in [6, 6.07) is 13.3. The fourth-order valence-electron chi connectivity index (χ4n) is 7.96. The van der Waals surface area contributed by atoms with Gasteiger partial charge in [0.25, 0.3) is 0 Å². The van der Waals surface area contributed by atoms with Crippen molar-refractivity contribution in [3.05, 3.63) is 48.2 Å². The van der Waals surface area contributed by atoms with Crippen LogP contribution in [-0.4, -0.2) is 76.2 Å². The second-order valence-corrected chi connectivity index (χ2v) is 13.6. The van der Waals surface area contributed by atoms with Gasteiger partial charge in [-0.25, -0.2) is 0 Å². The highest BCUT2D eigenvalue weighted by Crippen LogP contribution is 2.40. The second-order valence-electron chi connectivity index (χ2n) is 13.0. The molecule has 1 unspecified atom stereocenters. The van der Waals surface area contributed by atoms with Crippen molar-refractivity contribution >= 4 is 42.0 Å². The summed E-state index contributed by atoms with van der Waals surface area (Å²) >= 11 is 0. The van der Waals surface area contributed by atoms with Gasteiger partial charge in [0.1, 0.15) is 12.4 Å². The molecule has 0 radical (unpaired) electrons. The molecule has 2 saturated heterocycles. The number of nitrogens with zero attached hydrogens (tertiary/aromatic N) is 5. The van der Waals surface area contributed by atoms with Crippen LogP contribution in [0, 0.1) is 6.92 Å². The molecule has 1 atom stereocenters. The van der Waals surface area contributed by atoms with Crippen molar-refractivity contribution in [2.75, 3.05) is 45.7 Å². The molecule has 4 aromatic rings. The molecule has 8 heteroatoms. The molecule has 2 aliphatic heterocycles. The zero-order valence-corrected chi connectivity index (χ0v) is 26.4. The molecule has 7 rings (SSSR count). The Hall–Kier alpha value is -2.86. The van der Waals surface area contributed by atoms with Crippen molar-refractivity contribution < 1.29 is 4.74 Å². The maximum absolute atomic E-state index is 6.54. The first-order valence-electron chi connectivity index (χ1n) is 15.6. The minimum atomic E-state index is 0.131. The van der Waals surface area contributed by atoms with Gasteiger partial charge < -0.3 is 15.0 Å². The minimum Gasteiger partial charge on any atom is -0.461 e. The molecule has 4 heterocycles. The number of benzene rings is 2. The third-order valence-corrected chi connectivity index (χ3v) is 11.0. The van der Waals surface area contributed by atoms with Gasteiger partial charge in [0, 0.05) is 29.4 Å². The van der Waals surface area contributed by atoms with Crippen LogP contribution >= 0.6 is 9.24 Å². The number of rotatable bonds is 8. The van der Waals surface area contributed by atoms with Crippen LogP contribution in [0.1, 0.15) is 56.9 Å². The van der Waals surface area contributed by atoms with Crippen LogP contribution < -0.4 is 15.4 Å². The second kappa shape index (κ2) is 11.0. The maximum Gasteiger partial charge on any atom is 0.319 e. The Morgan fingerprint density at radius 3 is 2.45 bits per heavy atom. The van der Waals surface area contributed by atoms with E-state index in [-0.39, 0.29) is 11.1 Å². The van der Waals surface area contributed by atoms with Crippen molar-refractivity contribution in [2.24, 2.45) is 0 Å². The first-order valence-corrected chi connectivity index (χ1v) is 16.2.